The zero-order chi connectivity index (χ0) is 26.7. The summed E-state index contributed by atoms with van der Waals surface area (Å²) in [5, 5.41) is 0. The van der Waals surface area contributed by atoms with Crippen LogP contribution in [0.2, 0.25) is 0 Å². The largest absolute Gasteiger partial charge is 0.493 e. The number of ether oxygens (including phenoxy) is 3. The molecular formula is C35H44N2O3. The van der Waals surface area contributed by atoms with Gasteiger partial charge in [-0.05, 0) is 106 Å². The molecule has 0 amide bonds. The number of nitrogens with zero attached hydrogens (tertiary/aromatic N) is 2. The highest BCUT2D eigenvalue weighted by Gasteiger charge is 2.80. The maximum Gasteiger partial charge on any atom is 0.165 e. The molecule has 3 aliphatic heterocycles. The maximum atomic E-state index is 7.25. The lowest BCUT2D eigenvalue weighted by molar-refractivity contribution is -0.261. The first-order valence-electron chi connectivity index (χ1n) is 16.1. The highest BCUT2D eigenvalue weighted by Crippen LogP contribution is 2.78. The number of anilines is 1. The summed E-state index contributed by atoms with van der Waals surface area (Å²) in [4.78, 5) is 5.51. The average molecular weight is 541 g/mol. The Kier molecular flexibility index (Phi) is 5.12. The van der Waals surface area contributed by atoms with E-state index in [1.54, 1.807) is 7.11 Å². The van der Waals surface area contributed by atoms with Gasteiger partial charge < -0.3 is 19.1 Å². The van der Waals surface area contributed by atoms with Crippen molar-refractivity contribution in [3.63, 3.8) is 0 Å². The van der Waals surface area contributed by atoms with Crippen molar-refractivity contribution in [2.45, 2.75) is 93.3 Å². The molecule has 4 saturated carbocycles. The van der Waals surface area contributed by atoms with E-state index in [1.807, 2.05) is 7.11 Å². The Morgan fingerprint density at radius 2 is 1.75 bits per heavy atom. The lowest BCUT2D eigenvalue weighted by atomic mass is 9.34. The Balaban J connectivity index is 1.19. The van der Waals surface area contributed by atoms with E-state index in [4.69, 9.17) is 14.2 Å². The zero-order valence-corrected chi connectivity index (χ0v) is 24.3. The fourth-order valence-electron chi connectivity index (χ4n) is 11.0. The van der Waals surface area contributed by atoms with Crippen LogP contribution in [0.5, 0.6) is 11.5 Å². The van der Waals surface area contributed by atoms with Crippen LogP contribution in [0.15, 0.2) is 36.4 Å². The van der Waals surface area contributed by atoms with E-state index in [2.05, 4.69) is 46.2 Å². The molecule has 2 saturated heterocycles. The van der Waals surface area contributed by atoms with E-state index in [-0.39, 0.29) is 22.5 Å². The molecule has 0 radical (unpaired) electrons. The maximum absolute atomic E-state index is 7.25. The Morgan fingerprint density at radius 3 is 2.50 bits per heavy atom. The van der Waals surface area contributed by atoms with Gasteiger partial charge in [0.05, 0.1) is 7.11 Å². The first kappa shape index (κ1) is 24.4. The second-order valence-electron chi connectivity index (χ2n) is 14.2. The standard InChI is InChI=1S/C35H44N2O3/c1-38-28-13-10-25-20-29-33-14-15-35(39-2,27(21-33)24-8-11-26(12-9-24)36-17-4-3-5-18-36)32-34(33,30(25)31(28)40-32)16-19-37(29)22-23-6-7-23/h8-13,23,27,29,32H,3-7,14-22H2,1-2H3/t27-,29-,32-,33-,34+,35-/m1/s1. The summed E-state index contributed by atoms with van der Waals surface area (Å²) >= 11 is 0. The van der Waals surface area contributed by atoms with Crippen LogP contribution in [0.3, 0.4) is 0 Å². The van der Waals surface area contributed by atoms with Crippen LogP contribution < -0.4 is 14.4 Å². The lowest BCUT2D eigenvalue weighted by Crippen LogP contribution is -2.80. The van der Waals surface area contributed by atoms with E-state index in [0.29, 0.717) is 12.0 Å². The van der Waals surface area contributed by atoms with Gasteiger partial charge in [0.2, 0.25) is 0 Å². The molecule has 3 heterocycles. The molecule has 5 aliphatic carbocycles. The summed E-state index contributed by atoms with van der Waals surface area (Å²) in [6.07, 6.45) is 12.7. The smallest absolute Gasteiger partial charge is 0.165 e. The van der Waals surface area contributed by atoms with Gasteiger partial charge in [-0.3, -0.25) is 4.90 Å². The topological polar surface area (TPSA) is 34.2 Å². The molecule has 5 nitrogen and oxygen atoms in total. The summed E-state index contributed by atoms with van der Waals surface area (Å²) in [6, 6.07) is 14.8. The number of piperidine rings is 2. The lowest BCUT2D eigenvalue weighted by Gasteiger charge is -2.74. The average Bonchev–Trinajstić information content (AvgIpc) is 3.75. The summed E-state index contributed by atoms with van der Waals surface area (Å²) in [6.45, 7) is 4.85. The van der Waals surface area contributed by atoms with Crippen LogP contribution in [0.4, 0.5) is 5.69 Å². The number of rotatable bonds is 6. The van der Waals surface area contributed by atoms with Crippen molar-refractivity contribution < 1.29 is 14.2 Å². The third-order valence-electron chi connectivity index (χ3n) is 12.9. The molecule has 6 fully saturated rings. The van der Waals surface area contributed by atoms with Gasteiger partial charge in [-0.15, -0.1) is 0 Å². The molecule has 0 aromatic heterocycles. The molecule has 10 rings (SSSR count). The minimum Gasteiger partial charge on any atom is -0.493 e. The molecular weight excluding hydrogens is 496 g/mol. The molecule has 2 spiro atoms. The normalized spacial score (nSPS) is 39.1. The summed E-state index contributed by atoms with van der Waals surface area (Å²) in [7, 11) is 3.77. The van der Waals surface area contributed by atoms with Crippen LogP contribution >= 0.6 is 0 Å². The molecule has 8 aliphatic rings. The molecule has 40 heavy (non-hydrogen) atoms. The number of fused-ring (bicyclic) bond motifs is 2. The minimum atomic E-state index is -0.323. The molecule has 212 valence electrons. The number of benzene rings is 2. The van der Waals surface area contributed by atoms with Crippen LogP contribution in [0, 0.1) is 11.3 Å². The summed E-state index contributed by atoms with van der Waals surface area (Å²) in [5.74, 6) is 3.19. The van der Waals surface area contributed by atoms with E-state index < -0.39 is 0 Å². The van der Waals surface area contributed by atoms with Gasteiger partial charge in [-0.25, -0.2) is 0 Å². The van der Waals surface area contributed by atoms with Crippen LogP contribution in [0.1, 0.15) is 80.4 Å². The number of hydrogen-bond acceptors (Lipinski definition) is 5. The Morgan fingerprint density at radius 1 is 0.925 bits per heavy atom. The number of hydrogen-bond donors (Lipinski definition) is 0. The Labute approximate surface area is 239 Å². The van der Waals surface area contributed by atoms with Gasteiger partial charge in [0.25, 0.3) is 0 Å². The van der Waals surface area contributed by atoms with Crippen molar-refractivity contribution >= 4 is 5.69 Å². The van der Waals surface area contributed by atoms with E-state index in [1.165, 1.54) is 99.9 Å². The van der Waals surface area contributed by atoms with Crippen molar-refractivity contribution in [1.82, 2.24) is 4.90 Å². The van der Waals surface area contributed by atoms with Crippen molar-refractivity contribution in [1.29, 1.82) is 0 Å². The van der Waals surface area contributed by atoms with E-state index in [0.717, 1.165) is 30.3 Å². The highest BCUT2D eigenvalue weighted by molar-refractivity contribution is 5.64. The first-order chi connectivity index (χ1) is 19.6. The van der Waals surface area contributed by atoms with Crippen molar-refractivity contribution in [2.24, 2.45) is 11.3 Å². The Hall–Kier alpha value is -2.24. The summed E-state index contributed by atoms with van der Waals surface area (Å²) < 4.78 is 20.0. The van der Waals surface area contributed by atoms with Crippen LogP contribution in [-0.2, 0) is 16.6 Å². The quantitative estimate of drug-likeness (QED) is 0.444. The predicted octanol–water partition coefficient (Wildman–Crippen LogP) is 6.08. The third kappa shape index (κ3) is 2.91. The van der Waals surface area contributed by atoms with Crippen molar-refractivity contribution in [3.05, 3.63) is 53.1 Å². The molecule has 4 bridgehead atoms. The number of methoxy groups -OCH3 is 2. The van der Waals surface area contributed by atoms with Crippen molar-refractivity contribution in [2.75, 3.05) is 45.3 Å². The van der Waals surface area contributed by atoms with Gasteiger partial charge in [-0.1, -0.05) is 18.2 Å². The van der Waals surface area contributed by atoms with Gasteiger partial charge in [-0.2, -0.15) is 0 Å². The van der Waals surface area contributed by atoms with Gasteiger partial charge >= 0.3 is 0 Å². The fourth-order valence-corrected chi connectivity index (χ4v) is 11.0. The SMILES string of the molecule is COc1ccc2c3c1O[C@H]1[C@@]4(OC)CC[C@@]5(C[C@@H]4c4ccc(N6CCCCC6)cc4)[C@@H](C2)N(CC2CC2)CC[C@]315. The molecule has 5 heteroatoms. The van der Waals surface area contributed by atoms with Crippen LogP contribution in [0.25, 0.3) is 0 Å². The van der Waals surface area contributed by atoms with Gasteiger partial charge in [0.1, 0.15) is 11.7 Å². The second-order valence-corrected chi connectivity index (χ2v) is 14.2. The Bertz CT molecular complexity index is 1330. The fraction of sp³-hybridized carbons (Fsp3) is 0.657. The van der Waals surface area contributed by atoms with Crippen molar-refractivity contribution in [3.8, 4) is 11.5 Å². The number of likely N-dealkylation sites (tertiary alicyclic amines) is 1. The molecule has 0 N–H and O–H groups in total. The predicted molar refractivity (Wildman–Crippen MR) is 157 cm³/mol. The zero-order valence-electron chi connectivity index (χ0n) is 24.3. The first-order valence-corrected chi connectivity index (χ1v) is 16.1. The van der Waals surface area contributed by atoms with Gasteiger partial charge in [0, 0.05) is 60.8 Å². The minimum absolute atomic E-state index is 0.0215. The monoisotopic (exact) mass is 540 g/mol. The summed E-state index contributed by atoms with van der Waals surface area (Å²) in [5.41, 5.74) is 5.75. The van der Waals surface area contributed by atoms with E-state index >= 15 is 0 Å². The molecule has 0 unspecified atom stereocenters. The third-order valence-corrected chi connectivity index (χ3v) is 12.9. The second kappa shape index (κ2) is 8.41. The van der Waals surface area contributed by atoms with Gasteiger partial charge in [0.15, 0.2) is 11.5 Å². The molecule has 6 atom stereocenters. The molecule has 2 aromatic carbocycles. The molecule has 2 aromatic rings. The van der Waals surface area contributed by atoms with E-state index in [9.17, 15) is 0 Å². The van der Waals surface area contributed by atoms with Crippen LogP contribution in [-0.4, -0.2) is 63.0 Å². The highest BCUT2D eigenvalue weighted by atomic mass is 16.6.